The third-order valence-electron chi connectivity index (χ3n) is 7.15. The molecule has 0 saturated carbocycles. The fourth-order valence-corrected chi connectivity index (χ4v) is 5.23. The Bertz CT molecular complexity index is 1590. The molecule has 0 radical (unpaired) electrons. The molecule has 7 rings (SSSR count). The molecule has 188 valence electrons. The topological polar surface area (TPSA) is 57.2 Å². The molecule has 3 aliphatic rings. The largest absolute Gasteiger partial charge is 0.478 e. The highest BCUT2D eigenvalue weighted by Gasteiger charge is 2.35. The Morgan fingerprint density at radius 1 is 0.842 bits per heavy atom. The van der Waals surface area contributed by atoms with Crippen molar-refractivity contribution < 1.29 is 23.7 Å². The number of hydrogen-bond acceptors (Lipinski definition) is 6. The fourth-order valence-electron chi connectivity index (χ4n) is 5.23. The van der Waals surface area contributed by atoms with Gasteiger partial charge in [-0.05, 0) is 59.0 Å². The number of Topliss-reactive ketones (excluding diaryl/α,β-unsaturated/α-hetero) is 1. The molecular weight excluding hydrogens is 478 g/mol. The quantitative estimate of drug-likeness (QED) is 0.302. The maximum atomic E-state index is 13.4. The van der Waals surface area contributed by atoms with E-state index in [1.807, 2.05) is 67.6 Å². The van der Waals surface area contributed by atoms with Crippen LogP contribution in [0.1, 0.15) is 32.6 Å². The van der Waals surface area contributed by atoms with Gasteiger partial charge in [0.25, 0.3) is 0 Å². The Morgan fingerprint density at radius 3 is 2.47 bits per heavy atom. The number of nitrogens with zero attached hydrogens (tertiary/aromatic N) is 1. The molecule has 0 amide bonds. The predicted molar refractivity (Wildman–Crippen MR) is 143 cm³/mol. The summed E-state index contributed by atoms with van der Waals surface area (Å²) >= 11 is 0. The number of ether oxygens (including phenoxy) is 4. The Labute approximate surface area is 220 Å². The summed E-state index contributed by atoms with van der Waals surface area (Å²) in [6, 6.07) is 26.3. The number of fused-ring (bicyclic) bond motifs is 4. The molecule has 0 aromatic heterocycles. The molecule has 0 saturated heterocycles. The molecule has 0 N–H and O–H groups in total. The van der Waals surface area contributed by atoms with E-state index >= 15 is 0 Å². The van der Waals surface area contributed by atoms with Gasteiger partial charge in [0, 0.05) is 13.1 Å². The van der Waals surface area contributed by atoms with Crippen molar-refractivity contribution in [1.29, 1.82) is 0 Å². The standard InChI is InChI=1S/C32H25NO5/c1-20-13-27-25(17-33(18-35-27)16-22-9-12-26-28(15-22)37-19-36-26)32-30(20)31(34)29(38-32)14-21-7-10-24(11-8-21)23-5-3-2-4-6-23/h2-15H,16-19H2,1H3/b29-14-. The van der Waals surface area contributed by atoms with E-state index in [-0.39, 0.29) is 12.6 Å². The van der Waals surface area contributed by atoms with E-state index in [0.717, 1.165) is 50.6 Å². The SMILES string of the molecule is Cc1cc2c(c3c1C(=O)/C(=C/c1ccc(-c4ccccc4)cc1)O3)CN(Cc1ccc3c(c1)OCO3)CO2. The summed E-state index contributed by atoms with van der Waals surface area (Å²) in [5.41, 5.74) is 6.66. The van der Waals surface area contributed by atoms with Gasteiger partial charge in [-0.25, -0.2) is 0 Å². The van der Waals surface area contributed by atoms with Crippen molar-refractivity contribution in [3.8, 4) is 34.1 Å². The van der Waals surface area contributed by atoms with Crippen LogP contribution in [0.15, 0.2) is 84.6 Å². The van der Waals surface area contributed by atoms with Crippen LogP contribution in [-0.2, 0) is 13.1 Å². The van der Waals surface area contributed by atoms with Crippen molar-refractivity contribution in [2.75, 3.05) is 13.5 Å². The number of ketones is 1. The number of allylic oxidation sites excluding steroid dienone is 1. The van der Waals surface area contributed by atoms with Gasteiger partial charge in [-0.2, -0.15) is 0 Å². The first-order valence-electron chi connectivity index (χ1n) is 12.6. The van der Waals surface area contributed by atoms with Gasteiger partial charge in [-0.3, -0.25) is 9.69 Å². The Morgan fingerprint density at radius 2 is 1.63 bits per heavy atom. The van der Waals surface area contributed by atoms with Gasteiger partial charge in [0.05, 0.1) is 11.1 Å². The maximum Gasteiger partial charge on any atom is 0.232 e. The lowest BCUT2D eigenvalue weighted by molar-refractivity contribution is 0.0871. The Balaban J connectivity index is 1.14. The molecule has 0 spiro atoms. The molecule has 0 aliphatic carbocycles. The average Bonchev–Trinajstić information content (AvgIpc) is 3.54. The number of carbonyl (C=O) groups is 1. The lowest BCUT2D eigenvalue weighted by Crippen LogP contribution is -2.31. The zero-order chi connectivity index (χ0) is 25.6. The van der Waals surface area contributed by atoms with E-state index in [1.54, 1.807) is 0 Å². The first-order valence-corrected chi connectivity index (χ1v) is 12.6. The molecule has 6 nitrogen and oxygen atoms in total. The van der Waals surface area contributed by atoms with Crippen LogP contribution < -0.4 is 18.9 Å². The highest BCUT2D eigenvalue weighted by molar-refractivity contribution is 6.16. The molecule has 6 heteroatoms. The van der Waals surface area contributed by atoms with Gasteiger partial charge >= 0.3 is 0 Å². The van der Waals surface area contributed by atoms with E-state index in [9.17, 15) is 4.79 Å². The van der Waals surface area contributed by atoms with Crippen molar-refractivity contribution in [2.24, 2.45) is 0 Å². The summed E-state index contributed by atoms with van der Waals surface area (Å²) < 4.78 is 23.3. The average molecular weight is 504 g/mol. The monoisotopic (exact) mass is 503 g/mol. The zero-order valence-corrected chi connectivity index (χ0v) is 20.9. The van der Waals surface area contributed by atoms with Crippen LogP contribution in [0.3, 0.4) is 0 Å². The smallest absolute Gasteiger partial charge is 0.232 e. The molecule has 0 fully saturated rings. The molecule has 3 heterocycles. The number of carbonyl (C=O) groups excluding carboxylic acids is 1. The number of aryl methyl sites for hydroxylation is 1. The van der Waals surface area contributed by atoms with E-state index in [2.05, 4.69) is 29.2 Å². The van der Waals surface area contributed by atoms with Crippen LogP contribution in [0.5, 0.6) is 23.0 Å². The summed E-state index contributed by atoms with van der Waals surface area (Å²) in [6.45, 7) is 3.91. The fraction of sp³-hybridized carbons (Fsp3) is 0.156. The van der Waals surface area contributed by atoms with E-state index in [1.165, 1.54) is 0 Å². The molecule has 0 unspecified atom stereocenters. The molecule has 3 aliphatic heterocycles. The summed E-state index contributed by atoms with van der Waals surface area (Å²) in [7, 11) is 0. The summed E-state index contributed by atoms with van der Waals surface area (Å²) in [5, 5.41) is 0. The zero-order valence-electron chi connectivity index (χ0n) is 20.9. The second-order valence-electron chi connectivity index (χ2n) is 9.75. The van der Waals surface area contributed by atoms with E-state index in [0.29, 0.717) is 36.9 Å². The number of hydrogen-bond donors (Lipinski definition) is 0. The first kappa shape index (κ1) is 22.6. The second kappa shape index (κ2) is 9.08. The Kier molecular flexibility index (Phi) is 5.41. The highest BCUT2D eigenvalue weighted by atomic mass is 16.7. The molecular formula is C32H25NO5. The third-order valence-corrected chi connectivity index (χ3v) is 7.15. The van der Waals surface area contributed by atoms with Crippen LogP contribution >= 0.6 is 0 Å². The van der Waals surface area contributed by atoms with Gasteiger partial charge in [0.15, 0.2) is 17.3 Å². The minimum atomic E-state index is -0.0969. The lowest BCUT2D eigenvalue weighted by Gasteiger charge is -2.30. The van der Waals surface area contributed by atoms with Crippen molar-refractivity contribution >= 4 is 11.9 Å². The van der Waals surface area contributed by atoms with Crippen LogP contribution in [0, 0.1) is 6.92 Å². The lowest BCUT2D eigenvalue weighted by atomic mass is 9.98. The van der Waals surface area contributed by atoms with E-state index < -0.39 is 0 Å². The van der Waals surface area contributed by atoms with Gasteiger partial charge in [-0.15, -0.1) is 0 Å². The van der Waals surface area contributed by atoms with Crippen LogP contribution in [0.4, 0.5) is 0 Å². The van der Waals surface area contributed by atoms with Crippen molar-refractivity contribution in [3.05, 3.63) is 112 Å². The van der Waals surface area contributed by atoms with Crippen molar-refractivity contribution in [1.82, 2.24) is 4.90 Å². The molecule has 4 aromatic carbocycles. The predicted octanol–water partition coefficient (Wildman–Crippen LogP) is 6.36. The van der Waals surface area contributed by atoms with Crippen LogP contribution in [0.25, 0.3) is 17.2 Å². The third kappa shape index (κ3) is 3.99. The van der Waals surface area contributed by atoms with Gasteiger partial charge in [-0.1, -0.05) is 60.7 Å². The van der Waals surface area contributed by atoms with Gasteiger partial charge < -0.3 is 18.9 Å². The van der Waals surface area contributed by atoms with Crippen molar-refractivity contribution in [2.45, 2.75) is 20.0 Å². The van der Waals surface area contributed by atoms with Crippen LogP contribution in [0.2, 0.25) is 0 Å². The summed E-state index contributed by atoms with van der Waals surface area (Å²) in [6.07, 6.45) is 1.82. The number of benzene rings is 4. The highest BCUT2D eigenvalue weighted by Crippen LogP contribution is 2.44. The molecule has 4 aromatic rings. The van der Waals surface area contributed by atoms with E-state index in [4.69, 9.17) is 18.9 Å². The van der Waals surface area contributed by atoms with Gasteiger partial charge in [0.1, 0.15) is 18.2 Å². The normalized spacial score (nSPS) is 16.7. The van der Waals surface area contributed by atoms with Gasteiger partial charge in [0.2, 0.25) is 12.6 Å². The van der Waals surface area contributed by atoms with Crippen molar-refractivity contribution in [3.63, 3.8) is 0 Å². The Hall–Kier alpha value is -4.55. The second-order valence-corrected chi connectivity index (χ2v) is 9.75. The minimum Gasteiger partial charge on any atom is -0.478 e. The molecule has 0 atom stereocenters. The van der Waals surface area contributed by atoms with Crippen LogP contribution in [-0.4, -0.2) is 24.2 Å². The number of rotatable bonds is 4. The maximum absolute atomic E-state index is 13.4. The summed E-state index contributed by atoms with van der Waals surface area (Å²) in [4.78, 5) is 15.6. The summed E-state index contributed by atoms with van der Waals surface area (Å²) in [5.74, 6) is 3.13. The molecule has 38 heavy (non-hydrogen) atoms. The molecule has 0 bridgehead atoms. The first-order chi connectivity index (χ1) is 18.6. The minimum absolute atomic E-state index is 0.0969.